The third-order valence-corrected chi connectivity index (χ3v) is 7.54. The zero-order chi connectivity index (χ0) is 29.8. The molecule has 0 spiro atoms. The average Bonchev–Trinajstić information content (AvgIpc) is 2.95. The van der Waals surface area contributed by atoms with Crippen molar-refractivity contribution >= 4 is 46.7 Å². The summed E-state index contributed by atoms with van der Waals surface area (Å²) in [6.07, 6.45) is -0.411. The summed E-state index contributed by atoms with van der Waals surface area (Å²) in [4.78, 5) is 24.6. The largest absolute Gasteiger partial charge is 1.00 e. The number of rotatable bonds is 9. The summed E-state index contributed by atoms with van der Waals surface area (Å²) < 4.78 is 31.3. The molecule has 1 amide bonds. The Balaban J connectivity index is 0.00000423. The van der Waals surface area contributed by atoms with E-state index in [4.69, 9.17) is 49.0 Å². The van der Waals surface area contributed by atoms with Gasteiger partial charge in [-0.2, -0.15) is 0 Å². The first-order valence-corrected chi connectivity index (χ1v) is 13.9. The van der Waals surface area contributed by atoms with E-state index in [9.17, 15) is 19.1 Å². The molecule has 4 aromatic carbocycles. The first kappa shape index (κ1) is 32.9. The minimum absolute atomic E-state index is 0. The molecule has 4 aromatic rings. The molecule has 5 rings (SSSR count). The van der Waals surface area contributed by atoms with Gasteiger partial charge in [0.05, 0.1) is 21.7 Å². The second-order valence-corrected chi connectivity index (χ2v) is 10.7. The number of fused-ring (bicyclic) bond motifs is 1. The van der Waals surface area contributed by atoms with E-state index in [2.05, 4.69) is 5.32 Å². The summed E-state index contributed by atoms with van der Waals surface area (Å²) in [6, 6.07) is 20.0. The van der Waals surface area contributed by atoms with Gasteiger partial charge in [-0.1, -0.05) is 46.9 Å². The number of carboxylic acids is 1. The van der Waals surface area contributed by atoms with Crippen molar-refractivity contribution in [1.82, 2.24) is 5.32 Å². The molecule has 1 N–H and O–H groups in total. The average molecular weight is 653 g/mol. The summed E-state index contributed by atoms with van der Waals surface area (Å²) in [7, 11) is 0. The Kier molecular flexibility index (Phi) is 11.2. The summed E-state index contributed by atoms with van der Waals surface area (Å²) in [5.74, 6) is -1.50. The second-order valence-electron chi connectivity index (χ2n) is 9.45. The first-order chi connectivity index (χ1) is 20.2. The quantitative estimate of drug-likeness (QED) is 0.220. The zero-order valence-electron chi connectivity index (χ0n) is 22.7. The molecule has 1 aliphatic heterocycles. The van der Waals surface area contributed by atoms with Gasteiger partial charge in [0.2, 0.25) is 0 Å². The Bertz CT molecular complexity index is 1640. The zero-order valence-corrected chi connectivity index (χ0v) is 27.0. The molecule has 2 atom stereocenters. The van der Waals surface area contributed by atoms with E-state index in [1.54, 1.807) is 48.5 Å². The molecule has 43 heavy (non-hydrogen) atoms. The molecule has 7 nitrogen and oxygen atoms in total. The van der Waals surface area contributed by atoms with Crippen LogP contribution in [0.1, 0.15) is 33.8 Å². The fourth-order valence-corrected chi connectivity index (χ4v) is 4.96. The summed E-state index contributed by atoms with van der Waals surface area (Å²) in [5.41, 5.74) is 1.35. The summed E-state index contributed by atoms with van der Waals surface area (Å²) >= 11 is 18.5. The Labute approximate surface area is 284 Å². The number of aliphatic carboxylic acids is 1. The van der Waals surface area contributed by atoms with Crippen LogP contribution in [-0.2, 0) is 11.2 Å². The number of nitrogens with one attached hydrogen (secondary N) is 1. The Morgan fingerprint density at radius 1 is 0.953 bits per heavy atom. The topological polar surface area (TPSA) is 96.9 Å². The van der Waals surface area contributed by atoms with E-state index in [0.717, 1.165) is 0 Å². The van der Waals surface area contributed by atoms with Crippen LogP contribution in [0.25, 0.3) is 0 Å². The molecule has 0 bridgehead atoms. The van der Waals surface area contributed by atoms with Gasteiger partial charge in [0.15, 0.2) is 6.23 Å². The second kappa shape index (κ2) is 14.7. The van der Waals surface area contributed by atoms with Crippen molar-refractivity contribution in [3.8, 4) is 23.0 Å². The van der Waals surface area contributed by atoms with Crippen molar-refractivity contribution in [3.63, 3.8) is 0 Å². The van der Waals surface area contributed by atoms with Crippen LogP contribution in [0.2, 0.25) is 15.1 Å². The minimum Gasteiger partial charge on any atom is -0.549 e. The molecule has 0 radical (unpaired) electrons. The minimum atomic E-state index is -1.20. The number of halogens is 4. The van der Waals surface area contributed by atoms with Crippen molar-refractivity contribution in [2.24, 2.45) is 0 Å². The summed E-state index contributed by atoms with van der Waals surface area (Å²) in [5, 5.41) is 15.1. The van der Waals surface area contributed by atoms with E-state index in [0.29, 0.717) is 39.0 Å². The molecular formula is C31H22Cl3FNNaO6. The first-order valence-electron chi connectivity index (χ1n) is 12.8. The van der Waals surface area contributed by atoms with Crippen molar-refractivity contribution < 1.29 is 62.9 Å². The van der Waals surface area contributed by atoms with Gasteiger partial charge >= 0.3 is 29.6 Å². The smallest absolute Gasteiger partial charge is 0.549 e. The fraction of sp³-hybridized carbons (Fsp3) is 0.161. The predicted octanol–water partition coefficient (Wildman–Crippen LogP) is 3.58. The third kappa shape index (κ3) is 8.35. The predicted molar refractivity (Wildman–Crippen MR) is 154 cm³/mol. The number of carbonyl (C=O) groups is 2. The van der Waals surface area contributed by atoms with Gasteiger partial charge in [0, 0.05) is 41.6 Å². The molecule has 1 heterocycles. The fourth-order valence-electron chi connectivity index (χ4n) is 4.46. The number of benzene rings is 4. The van der Waals surface area contributed by atoms with Crippen molar-refractivity contribution in [3.05, 3.63) is 116 Å². The maximum absolute atomic E-state index is 13.8. The molecule has 0 fully saturated rings. The van der Waals surface area contributed by atoms with Crippen LogP contribution in [-0.4, -0.2) is 24.7 Å². The normalized spacial score (nSPS) is 14.4. The maximum atomic E-state index is 13.8. The maximum Gasteiger partial charge on any atom is 1.00 e. The molecule has 1 aliphatic rings. The van der Waals surface area contributed by atoms with E-state index >= 15 is 0 Å². The van der Waals surface area contributed by atoms with Gasteiger partial charge in [-0.15, -0.1) is 0 Å². The molecule has 216 valence electrons. The van der Waals surface area contributed by atoms with Crippen LogP contribution >= 0.6 is 34.8 Å². The van der Waals surface area contributed by atoms with Gasteiger partial charge in [0.25, 0.3) is 5.91 Å². The van der Waals surface area contributed by atoms with Crippen LogP contribution in [0.3, 0.4) is 0 Å². The molecule has 12 heteroatoms. The van der Waals surface area contributed by atoms with Crippen LogP contribution in [0.15, 0.2) is 78.9 Å². The third-order valence-electron chi connectivity index (χ3n) is 6.50. The van der Waals surface area contributed by atoms with Crippen LogP contribution in [0.5, 0.6) is 23.0 Å². The molecule has 0 saturated heterocycles. The van der Waals surface area contributed by atoms with E-state index in [1.165, 1.54) is 30.3 Å². The van der Waals surface area contributed by atoms with Crippen LogP contribution < -0.4 is 54.2 Å². The summed E-state index contributed by atoms with van der Waals surface area (Å²) in [6.45, 7) is 0.228. The van der Waals surface area contributed by atoms with Gasteiger partial charge in [-0.05, 0) is 66.6 Å². The molecule has 0 aromatic heterocycles. The van der Waals surface area contributed by atoms with Crippen molar-refractivity contribution in [1.29, 1.82) is 0 Å². The van der Waals surface area contributed by atoms with Crippen molar-refractivity contribution in [2.75, 3.05) is 6.61 Å². The van der Waals surface area contributed by atoms with E-state index < -0.39 is 29.8 Å². The Morgan fingerprint density at radius 2 is 1.70 bits per heavy atom. The number of amides is 1. The van der Waals surface area contributed by atoms with E-state index in [1.807, 2.05) is 0 Å². The number of carboxylic acid groups (broad SMARTS) is 1. The Hall–Kier alpha value is -2.98. The van der Waals surface area contributed by atoms with Crippen LogP contribution in [0.4, 0.5) is 4.39 Å². The monoisotopic (exact) mass is 651 g/mol. The van der Waals surface area contributed by atoms with Crippen LogP contribution in [0, 0.1) is 5.82 Å². The molecule has 0 aliphatic carbocycles. The molecular weight excluding hydrogens is 631 g/mol. The molecule has 0 saturated carbocycles. The number of hydrogen-bond acceptors (Lipinski definition) is 6. The van der Waals surface area contributed by atoms with Gasteiger partial charge < -0.3 is 29.4 Å². The standard InChI is InChI=1S/C31H23Cl3FNO6.Na/c32-24-9-8-21(14-25(24)33)42-29(13-17-2-1-3-19(35)12-17)36-30(37)18-4-6-20(7-5-18)41-28-16-27-23(15-26(28)34)22(31(38)39)10-11-40-27;/h1-9,12,14-16,22,29H,10-11,13H2,(H,36,37)(H,38,39);/q;+1/p-1. The number of carbonyl (C=O) groups excluding carboxylic acids is 2. The van der Waals surface area contributed by atoms with Gasteiger partial charge in [-0.25, -0.2) is 4.39 Å². The van der Waals surface area contributed by atoms with Crippen molar-refractivity contribution in [2.45, 2.75) is 25.0 Å². The Morgan fingerprint density at radius 3 is 2.40 bits per heavy atom. The SMILES string of the molecule is O=C(NC(Cc1cccc(F)c1)Oc1ccc(Cl)c(Cl)c1)c1ccc(Oc2cc3c(cc2Cl)C(C(=O)[O-])CCO3)cc1.[Na+]. The number of ether oxygens (including phenoxy) is 3. The van der Waals surface area contributed by atoms with Gasteiger partial charge in [-0.3, -0.25) is 4.79 Å². The number of hydrogen-bond donors (Lipinski definition) is 1. The van der Waals surface area contributed by atoms with E-state index in [-0.39, 0.29) is 64.8 Å². The van der Waals surface area contributed by atoms with Gasteiger partial charge in [0.1, 0.15) is 28.8 Å². The molecule has 2 unspecified atom stereocenters.